The van der Waals surface area contributed by atoms with Gasteiger partial charge in [0.15, 0.2) is 0 Å². The third-order valence-electron chi connectivity index (χ3n) is 13.4. The van der Waals surface area contributed by atoms with Crippen molar-refractivity contribution in [2.45, 2.75) is 18.5 Å². The molecule has 0 amide bonds. The summed E-state index contributed by atoms with van der Waals surface area (Å²) in [7, 11) is 0. The summed E-state index contributed by atoms with van der Waals surface area (Å²) in [5, 5.41) is 31.2. The zero-order valence-corrected chi connectivity index (χ0v) is 36.1. The number of nitrogens with one attached hydrogen (secondary N) is 3. The molecule has 1 aliphatic rings. The molecule has 11 aromatic carbocycles. The molecule has 66 heavy (non-hydrogen) atoms. The molecular weight excluding hydrogens is 801 g/mol. The summed E-state index contributed by atoms with van der Waals surface area (Å²) in [5.41, 5.74) is 13.5. The number of fused-ring (bicyclic) bond motifs is 5. The first kappa shape index (κ1) is 39.4. The molecule has 1 saturated heterocycles. The van der Waals surface area contributed by atoms with Crippen LogP contribution < -0.4 is 16.0 Å². The fourth-order valence-corrected chi connectivity index (χ4v) is 10.1. The predicted molar refractivity (Wildman–Crippen MR) is 273 cm³/mol. The van der Waals surface area contributed by atoms with Gasteiger partial charge >= 0.3 is 0 Å². The van der Waals surface area contributed by atoms with Crippen molar-refractivity contribution in [2.75, 3.05) is 0 Å². The first-order valence-corrected chi connectivity index (χ1v) is 22.6. The Labute approximate surface area is 384 Å². The lowest BCUT2D eigenvalue weighted by molar-refractivity contribution is 0.204. The maximum Gasteiger partial charge on any atom is 0.0991 e. The molecule has 0 saturated carbocycles. The van der Waals surface area contributed by atoms with Crippen LogP contribution in [0.4, 0.5) is 0 Å². The van der Waals surface area contributed by atoms with Gasteiger partial charge in [-0.15, -0.1) is 0 Å². The molecule has 11 aromatic rings. The molecule has 0 bridgehead atoms. The average Bonchev–Trinajstić information content (AvgIpc) is 3.40. The van der Waals surface area contributed by atoms with Gasteiger partial charge in [0, 0.05) is 0 Å². The van der Waals surface area contributed by atoms with Crippen molar-refractivity contribution >= 4 is 43.1 Å². The SMILES string of the molecule is N#Cc1ccc(-c2cccc(C3NC(c4ccc5cc(-c6ccc(-c7c8ccccc8cc8c7ccc7ccccc78)cc6)ccc5c4)NC(c4ccccc4-c4ccccc4)N3)c2)cc1. The topological polar surface area (TPSA) is 59.9 Å². The predicted octanol–water partition coefficient (Wildman–Crippen LogP) is 15.0. The van der Waals surface area contributed by atoms with Gasteiger partial charge < -0.3 is 0 Å². The van der Waals surface area contributed by atoms with Gasteiger partial charge in [0.2, 0.25) is 0 Å². The standard InChI is InChI=1S/C62H44N4/c63-39-40-21-23-41(24-22-40)46-15-10-16-51(36-46)60-64-61(66-62(65-60)57-20-9-8-17-53(57)43-11-2-1-3-12-43)52-32-31-48-35-47(29-30-49(48)37-52)42-25-27-45(28-26-42)59-55-19-7-5-14-50(55)38-58-54-18-6-4-13-44(54)33-34-56(58)59/h1-38,60-62,64-66H. The lowest BCUT2D eigenvalue weighted by Gasteiger charge is -2.40. The number of benzene rings is 11. The van der Waals surface area contributed by atoms with Crippen molar-refractivity contribution in [3.05, 3.63) is 253 Å². The van der Waals surface area contributed by atoms with Crippen molar-refractivity contribution in [3.8, 4) is 50.6 Å². The molecule has 4 heteroatoms. The van der Waals surface area contributed by atoms with E-state index in [1.54, 1.807) is 0 Å². The van der Waals surface area contributed by atoms with Gasteiger partial charge in [-0.05, 0) is 141 Å². The minimum absolute atomic E-state index is 0.163. The van der Waals surface area contributed by atoms with Crippen LogP contribution in [0.3, 0.4) is 0 Å². The Morgan fingerprint density at radius 2 is 0.894 bits per heavy atom. The summed E-state index contributed by atoms with van der Waals surface area (Å²) in [4.78, 5) is 0. The minimum Gasteiger partial charge on any atom is -0.279 e. The monoisotopic (exact) mass is 844 g/mol. The molecule has 0 aliphatic carbocycles. The summed E-state index contributed by atoms with van der Waals surface area (Å²) in [6, 6.07) is 85.1. The van der Waals surface area contributed by atoms with Gasteiger partial charge in [0.1, 0.15) is 0 Å². The summed E-state index contributed by atoms with van der Waals surface area (Å²) in [6.07, 6.45) is -0.498. The lowest BCUT2D eigenvalue weighted by Crippen LogP contribution is -2.54. The molecule has 3 unspecified atom stereocenters. The molecular formula is C62H44N4. The highest BCUT2D eigenvalue weighted by atomic mass is 15.4. The van der Waals surface area contributed by atoms with Crippen LogP contribution in [0.5, 0.6) is 0 Å². The highest BCUT2D eigenvalue weighted by Crippen LogP contribution is 2.41. The number of rotatable bonds is 7. The van der Waals surface area contributed by atoms with E-state index >= 15 is 0 Å². The Balaban J connectivity index is 0.875. The molecule has 0 radical (unpaired) electrons. The number of hydrogen-bond donors (Lipinski definition) is 3. The van der Waals surface area contributed by atoms with Crippen LogP contribution in [0.25, 0.3) is 87.6 Å². The Kier molecular flexibility index (Phi) is 10.0. The third kappa shape index (κ3) is 7.28. The van der Waals surface area contributed by atoms with Crippen molar-refractivity contribution in [1.29, 1.82) is 5.26 Å². The summed E-state index contributed by atoms with van der Waals surface area (Å²) in [5.74, 6) is 0. The number of nitrogens with zero attached hydrogens (tertiary/aromatic N) is 1. The summed E-state index contributed by atoms with van der Waals surface area (Å²) >= 11 is 0. The van der Waals surface area contributed by atoms with E-state index in [2.05, 4.69) is 228 Å². The van der Waals surface area contributed by atoms with Crippen LogP contribution in [-0.2, 0) is 0 Å². The molecule has 3 N–H and O–H groups in total. The molecule has 1 heterocycles. The molecule has 0 aromatic heterocycles. The first-order valence-electron chi connectivity index (χ1n) is 22.6. The second-order valence-electron chi connectivity index (χ2n) is 17.3. The maximum atomic E-state index is 9.40. The van der Waals surface area contributed by atoms with Gasteiger partial charge in [-0.25, -0.2) is 0 Å². The molecule has 3 atom stereocenters. The lowest BCUT2D eigenvalue weighted by atomic mass is 9.89. The average molecular weight is 845 g/mol. The van der Waals surface area contributed by atoms with E-state index in [-0.39, 0.29) is 18.5 Å². The zero-order valence-electron chi connectivity index (χ0n) is 36.1. The Morgan fingerprint density at radius 1 is 0.318 bits per heavy atom. The maximum absolute atomic E-state index is 9.40. The normalized spacial score (nSPS) is 16.1. The van der Waals surface area contributed by atoms with E-state index in [0.717, 1.165) is 22.3 Å². The van der Waals surface area contributed by atoms with E-state index in [1.165, 1.54) is 82.0 Å². The van der Waals surface area contributed by atoms with Gasteiger partial charge in [0.25, 0.3) is 0 Å². The van der Waals surface area contributed by atoms with Crippen LogP contribution in [0.1, 0.15) is 40.8 Å². The van der Waals surface area contributed by atoms with Gasteiger partial charge in [-0.2, -0.15) is 5.26 Å². The molecule has 0 spiro atoms. The molecule has 312 valence electrons. The van der Waals surface area contributed by atoms with E-state index in [0.29, 0.717) is 5.56 Å². The third-order valence-corrected chi connectivity index (χ3v) is 13.4. The van der Waals surface area contributed by atoms with Crippen molar-refractivity contribution in [3.63, 3.8) is 0 Å². The Morgan fingerprint density at radius 3 is 1.70 bits per heavy atom. The van der Waals surface area contributed by atoms with E-state index in [4.69, 9.17) is 0 Å². The molecule has 4 nitrogen and oxygen atoms in total. The largest absolute Gasteiger partial charge is 0.279 e. The molecule has 1 aliphatic heterocycles. The minimum atomic E-state index is -0.171. The van der Waals surface area contributed by atoms with Crippen LogP contribution in [-0.4, -0.2) is 0 Å². The van der Waals surface area contributed by atoms with Crippen LogP contribution in [0, 0.1) is 11.3 Å². The molecule has 1 fully saturated rings. The van der Waals surface area contributed by atoms with Gasteiger partial charge in [0.05, 0.1) is 30.1 Å². The second kappa shape index (κ2) is 16.8. The van der Waals surface area contributed by atoms with Crippen LogP contribution in [0.2, 0.25) is 0 Å². The van der Waals surface area contributed by atoms with Crippen molar-refractivity contribution in [2.24, 2.45) is 0 Å². The molecule has 12 rings (SSSR count). The smallest absolute Gasteiger partial charge is 0.0991 e. The second-order valence-corrected chi connectivity index (χ2v) is 17.3. The fraction of sp³-hybridized carbons (Fsp3) is 0.0484. The van der Waals surface area contributed by atoms with Crippen LogP contribution >= 0.6 is 0 Å². The van der Waals surface area contributed by atoms with Crippen molar-refractivity contribution < 1.29 is 0 Å². The van der Waals surface area contributed by atoms with E-state index in [1.807, 2.05) is 24.3 Å². The Bertz CT molecular complexity index is 3650. The summed E-state index contributed by atoms with van der Waals surface area (Å²) < 4.78 is 0. The van der Waals surface area contributed by atoms with Gasteiger partial charge in [-0.1, -0.05) is 194 Å². The highest BCUT2D eigenvalue weighted by molar-refractivity contribution is 6.20. The highest BCUT2D eigenvalue weighted by Gasteiger charge is 2.31. The first-order chi connectivity index (χ1) is 32.6. The van der Waals surface area contributed by atoms with Gasteiger partial charge in [-0.3, -0.25) is 16.0 Å². The van der Waals surface area contributed by atoms with Crippen LogP contribution in [0.15, 0.2) is 231 Å². The quantitative estimate of drug-likeness (QED) is 0.110. The van der Waals surface area contributed by atoms with E-state index < -0.39 is 0 Å². The summed E-state index contributed by atoms with van der Waals surface area (Å²) in [6.45, 7) is 0. The fourth-order valence-electron chi connectivity index (χ4n) is 10.1. The number of nitriles is 1. The van der Waals surface area contributed by atoms with E-state index in [9.17, 15) is 5.26 Å². The zero-order chi connectivity index (χ0) is 44.0. The Hall–Kier alpha value is -8.17. The van der Waals surface area contributed by atoms with Crippen molar-refractivity contribution in [1.82, 2.24) is 16.0 Å². The number of hydrogen-bond acceptors (Lipinski definition) is 4.